The molecule has 0 bridgehead atoms. The molecule has 4 aromatic heterocycles. The molecule has 0 radical (unpaired) electrons. The molecular weight excluding hydrogens is 356 g/mol. The van der Waals surface area contributed by atoms with Crippen molar-refractivity contribution in [2.24, 2.45) is 0 Å². The van der Waals surface area contributed by atoms with Crippen molar-refractivity contribution in [1.82, 2.24) is 19.9 Å². The Kier molecular flexibility index (Phi) is 4.47. The van der Waals surface area contributed by atoms with Crippen molar-refractivity contribution in [3.63, 3.8) is 0 Å². The summed E-state index contributed by atoms with van der Waals surface area (Å²) in [5.41, 5.74) is 10.5. The lowest BCUT2D eigenvalue weighted by molar-refractivity contribution is 0.884. The Balaban J connectivity index is 1.46. The van der Waals surface area contributed by atoms with Gasteiger partial charge in [0.2, 0.25) is 0 Å². The standard InChI is InChI=1S/C25H24N4/c1-16-9-10-18-11-12-19(28-25(18)27-16)13-14-22-17(2)20-6-3-4-8-23-21(24(20)29-22)7-5-15-26-23/h4-5,7-12,15,29H,3,6,13-14H2,1-2H3/b8-4-. The number of rotatable bonds is 3. The molecule has 29 heavy (non-hydrogen) atoms. The van der Waals surface area contributed by atoms with Gasteiger partial charge >= 0.3 is 0 Å². The topological polar surface area (TPSA) is 54.5 Å². The quantitative estimate of drug-likeness (QED) is 0.519. The monoisotopic (exact) mass is 380 g/mol. The van der Waals surface area contributed by atoms with Crippen LogP contribution in [-0.4, -0.2) is 19.9 Å². The van der Waals surface area contributed by atoms with Crippen molar-refractivity contribution in [3.8, 4) is 11.3 Å². The smallest absolute Gasteiger partial charge is 0.159 e. The zero-order valence-corrected chi connectivity index (χ0v) is 16.9. The number of hydrogen-bond donors (Lipinski definition) is 1. The minimum absolute atomic E-state index is 0.837. The van der Waals surface area contributed by atoms with Gasteiger partial charge in [0.1, 0.15) is 0 Å². The van der Waals surface area contributed by atoms with E-state index in [4.69, 9.17) is 4.98 Å². The fourth-order valence-electron chi connectivity index (χ4n) is 4.19. The van der Waals surface area contributed by atoms with Crippen LogP contribution in [0, 0.1) is 13.8 Å². The van der Waals surface area contributed by atoms with E-state index in [1.165, 1.54) is 28.1 Å². The molecule has 1 aliphatic carbocycles. The Labute approximate surface area is 170 Å². The van der Waals surface area contributed by atoms with Gasteiger partial charge in [0.25, 0.3) is 0 Å². The van der Waals surface area contributed by atoms with Crippen molar-refractivity contribution >= 4 is 17.1 Å². The third-order valence-corrected chi connectivity index (χ3v) is 5.81. The third-order valence-electron chi connectivity index (χ3n) is 5.81. The van der Waals surface area contributed by atoms with Crippen LogP contribution in [0.2, 0.25) is 0 Å². The van der Waals surface area contributed by atoms with E-state index in [2.05, 4.69) is 58.3 Å². The first-order chi connectivity index (χ1) is 14.2. The summed E-state index contributed by atoms with van der Waals surface area (Å²) in [5.74, 6) is 0. The van der Waals surface area contributed by atoms with E-state index in [1.54, 1.807) is 0 Å². The van der Waals surface area contributed by atoms with Crippen LogP contribution in [0.25, 0.3) is 28.4 Å². The molecule has 1 N–H and O–H groups in total. The third kappa shape index (κ3) is 3.35. The fraction of sp³-hybridized carbons (Fsp3) is 0.240. The molecule has 1 aliphatic rings. The van der Waals surface area contributed by atoms with Crippen LogP contribution < -0.4 is 0 Å². The number of pyridine rings is 3. The predicted octanol–water partition coefficient (Wildman–Crippen LogP) is 5.38. The maximum Gasteiger partial charge on any atom is 0.159 e. The highest BCUT2D eigenvalue weighted by atomic mass is 14.9. The molecule has 0 fully saturated rings. The van der Waals surface area contributed by atoms with Gasteiger partial charge in [0.15, 0.2) is 5.65 Å². The number of hydrogen-bond acceptors (Lipinski definition) is 3. The average Bonchev–Trinajstić information content (AvgIpc) is 3.02. The van der Waals surface area contributed by atoms with Crippen molar-refractivity contribution in [2.75, 3.05) is 0 Å². The second-order valence-corrected chi connectivity index (χ2v) is 7.76. The molecule has 144 valence electrons. The highest BCUT2D eigenvalue weighted by Crippen LogP contribution is 2.33. The Morgan fingerprint density at radius 2 is 1.90 bits per heavy atom. The van der Waals surface area contributed by atoms with E-state index in [9.17, 15) is 0 Å². The van der Waals surface area contributed by atoms with Crippen molar-refractivity contribution in [2.45, 2.75) is 39.5 Å². The highest BCUT2D eigenvalue weighted by molar-refractivity contribution is 5.76. The SMILES string of the molecule is Cc1ccc2ccc(CCc3[nH]c4c(c3C)CC/C=C\c3ncccc3-4)nc2n1. The second-order valence-electron chi connectivity index (χ2n) is 7.76. The predicted molar refractivity (Wildman–Crippen MR) is 118 cm³/mol. The minimum atomic E-state index is 0.837. The molecule has 0 amide bonds. The molecule has 4 heterocycles. The zero-order valence-electron chi connectivity index (χ0n) is 16.9. The largest absolute Gasteiger partial charge is 0.358 e. The lowest BCUT2D eigenvalue weighted by Crippen LogP contribution is -1.98. The number of allylic oxidation sites excluding steroid dienone is 1. The number of aryl methyl sites for hydroxylation is 3. The van der Waals surface area contributed by atoms with Gasteiger partial charge in [-0.2, -0.15) is 0 Å². The molecule has 0 atom stereocenters. The minimum Gasteiger partial charge on any atom is -0.358 e. The summed E-state index contributed by atoms with van der Waals surface area (Å²) in [6.45, 7) is 4.25. The lowest BCUT2D eigenvalue weighted by atomic mass is 9.96. The Hall–Kier alpha value is -3.27. The van der Waals surface area contributed by atoms with E-state index in [0.29, 0.717) is 0 Å². The molecule has 4 aromatic rings. The highest BCUT2D eigenvalue weighted by Gasteiger charge is 2.18. The van der Waals surface area contributed by atoms with Crippen LogP contribution in [-0.2, 0) is 19.3 Å². The number of nitrogens with one attached hydrogen (secondary N) is 1. The van der Waals surface area contributed by atoms with Crippen LogP contribution in [0.4, 0.5) is 0 Å². The van der Waals surface area contributed by atoms with Gasteiger partial charge in [0.05, 0.1) is 11.4 Å². The van der Waals surface area contributed by atoms with Gasteiger partial charge in [-0.05, 0) is 93.1 Å². The van der Waals surface area contributed by atoms with Gasteiger partial charge < -0.3 is 4.98 Å². The number of H-pyrrole nitrogens is 1. The number of fused-ring (bicyclic) bond motifs is 4. The molecule has 0 unspecified atom stereocenters. The number of aromatic amines is 1. The summed E-state index contributed by atoms with van der Waals surface area (Å²) in [6, 6.07) is 12.5. The maximum absolute atomic E-state index is 4.78. The van der Waals surface area contributed by atoms with Gasteiger partial charge in [0, 0.05) is 34.2 Å². The Bertz CT molecular complexity index is 1230. The normalized spacial score (nSPS) is 14.1. The first-order valence-electron chi connectivity index (χ1n) is 10.2. The summed E-state index contributed by atoms with van der Waals surface area (Å²) < 4.78 is 0. The summed E-state index contributed by atoms with van der Waals surface area (Å²) in [5, 5.41) is 1.09. The van der Waals surface area contributed by atoms with Crippen LogP contribution in [0.15, 0.2) is 48.7 Å². The molecular formula is C25H24N4. The van der Waals surface area contributed by atoms with Crippen LogP contribution in [0.3, 0.4) is 0 Å². The molecule has 0 aliphatic heterocycles. The van der Waals surface area contributed by atoms with Gasteiger partial charge in [-0.15, -0.1) is 0 Å². The van der Waals surface area contributed by atoms with Crippen LogP contribution >= 0.6 is 0 Å². The Morgan fingerprint density at radius 3 is 2.83 bits per heavy atom. The van der Waals surface area contributed by atoms with Gasteiger partial charge in [-0.25, -0.2) is 9.97 Å². The molecule has 0 saturated heterocycles. The van der Waals surface area contributed by atoms with Crippen LogP contribution in [0.1, 0.15) is 40.3 Å². The molecule has 0 spiro atoms. The summed E-state index contributed by atoms with van der Waals surface area (Å²) >= 11 is 0. The Morgan fingerprint density at radius 1 is 1.00 bits per heavy atom. The summed E-state index contributed by atoms with van der Waals surface area (Å²) in [4.78, 5) is 17.6. The van der Waals surface area contributed by atoms with Gasteiger partial charge in [-0.3, -0.25) is 4.98 Å². The number of aromatic nitrogens is 4. The van der Waals surface area contributed by atoms with Gasteiger partial charge in [-0.1, -0.05) is 6.08 Å². The van der Waals surface area contributed by atoms with E-state index >= 15 is 0 Å². The van der Waals surface area contributed by atoms with E-state index in [-0.39, 0.29) is 0 Å². The van der Waals surface area contributed by atoms with E-state index < -0.39 is 0 Å². The molecule has 4 heteroatoms. The lowest BCUT2D eigenvalue weighted by Gasteiger charge is -2.10. The first kappa shape index (κ1) is 17.8. The van der Waals surface area contributed by atoms with E-state index in [1.807, 2.05) is 25.3 Å². The molecule has 0 aromatic carbocycles. The van der Waals surface area contributed by atoms with Crippen LogP contribution in [0.5, 0.6) is 0 Å². The summed E-state index contributed by atoms with van der Waals surface area (Å²) in [6.07, 6.45) is 10.2. The average molecular weight is 380 g/mol. The van der Waals surface area contributed by atoms with Crippen molar-refractivity contribution < 1.29 is 0 Å². The fourth-order valence-corrected chi connectivity index (χ4v) is 4.19. The maximum atomic E-state index is 4.78. The van der Waals surface area contributed by atoms with E-state index in [0.717, 1.165) is 53.8 Å². The van der Waals surface area contributed by atoms with Crippen molar-refractivity contribution in [3.05, 3.63) is 82.6 Å². The first-order valence-corrected chi connectivity index (χ1v) is 10.2. The molecule has 0 saturated carbocycles. The molecule has 4 nitrogen and oxygen atoms in total. The molecule has 5 rings (SSSR count). The summed E-state index contributed by atoms with van der Waals surface area (Å²) in [7, 11) is 0. The van der Waals surface area contributed by atoms with Crippen molar-refractivity contribution in [1.29, 1.82) is 0 Å². The zero-order chi connectivity index (χ0) is 19.8. The second kappa shape index (κ2) is 7.28. The number of nitrogens with zero attached hydrogens (tertiary/aromatic N) is 3.